The summed E-state index contributed by atoms with van der Waals surface area (Å²) in [6, 6.07) is 10.5. The Kier molecular flexibility index (Phi) is 7.86. The van der Waals surface area contributed by atoms with Gasteiger partial charge >= 0.3 is 0 Å². The third kappa shape index (κ3) is 7.27. The summed E-state index contributed by atoms with van der Waals surface area (Å²) >= 11 is 11.9. The van der Waals surface area contributed by atoms with Crippen LogP contribution in [-0.2, 0) is 4.79 Å². The van der Waals surface area contributed by atoms with Crippen molar-refractivity contribution in [3.8, 4) is 5.75 Å². The number of benzene rings is 1. The van der Waals surface area contributed by atoms with E-state index in [4.69, 9.17) is 27.9 Å². The summed E-state index contributed by atoms with van der Waals surface area (Å²) in [5, 5.41) is 9.95. The third-order valence-electron chi connectivity index (χ3n) is 4.02. The van der Waals surface area contributed by atoms with Crippen LogP contribution in [-0.4, -0.2) is 40.6 Å². The molecule has 0 bridgehead atoms. The highest BCUT2D eigenvalue weighted by molar-refractivity contribution is 6.35. The summed E-state index contributed by atoms with van der Waals surface area (Å²) in [4.78, 5) is 25.0. The zero-order valence-electron chi connectivity index (χ0n) is 17.1. The number of aromatic nitrogens is 3. The van der Waals surface area contributed by atoms with Crippen LogP contribution in [0.15, 0.2) is 42.6 Å². The van der Waals surface area contributed by atoms with Gasteiger partial charge in [0.2, 0.25) is 0 Å². The van der Waals surface area contributed by atoms with Gasteiger partial charge in [-0.25, -0.2) is 15.0 Å². The molecule has 10 heteroatoms. The SMILES string of the molecule is Cc1ccnc(Nc2cc(NCCNC(=O)COc3ccc(Cl)cc3Cl)nc(C)n2)c1. The predicted molar refractivity (Wildman–Crippen MR) is 122 cm³/mol. The molecule has 3 N–H and O–H groups in total. The van der Waals surface area contributed by atoms with Gasteiger partial charge in [-0.3, -0.25) is 4.79 Å². The lowest BCUT2D eigenvalue weighted by Gasteiger charge is -2.11. The molecule has 0 aliphatic rings. The van der Waals surface area contributed by atoms with Crippen molar-refractivity contribution in [2.75, 3.05) is 30.3 Å². The predicted octanol–water partition coefficient (Wildman–Crippen LogP) is 4.15. The average Bonchev–Trinajstić information content (AvgIpc) is 2.70. The highest BCUT2D eigenvalue weighted by Gasteiger charge is 2.07. The number of rotatable bonds is 9. The van der Waals surface area contributed by atoms with Crippen molar-refractivity contribution in [3.05, 3.63) is 64.0 Å². The first-order valence-electron chi connectivity index (χ1n) is 9.53. The van der Waals surface area contributed by atoms with Crippen molar-refractivity contribution in [3.63, 3.8) is 0 Å². The second kappa shape index (κ2) is 10.8. The first kappa shape index (κ1) is 22.6. The molecule has 3 aromatic rings. The Labute approximate surface area is 190 Å². The maximum Gasteiger partial charge on any atom is 0.258 e. The second-order valence-corrected chi connectivity index (χ2v) is 7.51. The molecule has 0 spiro atoms. The minimum Gasteiger partial charge on any atom is -0.482 e. The lowest BCUT2D eigenvalue weighted by molar-refractivity contribution is -0.123. The summed E-state index contributed by atoms with van der Waals surface area (Å²) in [7, 11) is 0. The standard InChI is InChI=1S/C21H22Cl2N6O2/c1-13-5-6-24-18(9-13)29-20-11-19(27-14(2)28-20)25-7-8-26-21(30)12-31-17-4-3-15(22)10-16(17)23/h3-6,9-11H,7-8,12H2,1-2H3,(H,26,30)(H2,24,25,27,28,29). The summed E-state index contributed by atoms with van der Waals surface area (Å²) in [6.07, 6.45) is 1.73. The highest BCUT2D eigenvalue weighted by atomic mass is 35.5. The van der Waals surface area contributed by atoms with Crippen LogP contribution in [0.5, 0.6) is 5.75 Å². The molecule has 1 amide bonds. The Morgan fingerprint density at radius 3 is 2.58 bits per heavy atom. The van der Waals surface area contributed by atoms with Crippen molar-refractivity contribution in [1.29, 1.82) is 0 Å². The lowest BCUT2D eigenvalue weighted by Crippen LogP contribution is -2.32. The Balaban J connectivity index is 1.44. The Morgan fingerprint density at radius 2 is 1.81 bits per heavy atom. The fraction of sp³-hybridized carbons (Fsp3) is 0.238. The molecule has 3 rings (SSSR count). The second-order valence-electron chi connectivity index (χ2n) is 6.67. The Bertz CT molecular complexity index is 1060. The molecule has 8 nitrogen and oxygen atoms in total. The monoisotopic (exact) mass is 460 g/mol. The molecule has 31 heavy (non-hydrogen) atoms. The first-order chi connectivity index (χ1) is 14.9. The van der Waals surface area contributed by atoms with Gasteiger partial charge < -0.3 is 20.7 Å². The van der Waals surface area contributed by atoms with Gasteiger partial charge in [-0.1, -0.05) is 23.2 Å². The van der Waals surface area contributed by atoms with Crippen LogP contribution in [0.3, 0.4) is 0 Å². The van der Waals surface area contributed by atoms with Crippen molar-refractivity contribution in [1.82, 2.24) is 20.3 Å². The van der Waals surface area contributed by atoms with E-state index in [0.29, 0.717) is 52.2 Å². The molecule has 1 aromatic carbocycles. The smallest absolute Gasteiger partial charge is 0.258 e. The number of pyridine rings is 1. The number of anilines is 3. The Morgan fingerprint density at radius 1 is 1.00 bits per heavy atom. The van der Waals surface area contributed by atoms with Crippen LogP contribution in [0.1, 0.15) is 11.4 Å². The third-order valence-corrected chi connectivity index (χ3v) is 4.55. The van der Waals surface area contributed by atoms with E-state index < -0.39 is 0 Å². The first-order valence-corrected chi connectivity index (χ1v) is 10.3. The number of nitrogens with one attached hydrogen (secondary N) is 3. The van der Waals surface area contributed by atoms with Gasteiger partial charge in [-0.15, -0.1) is 0 Å². The van der Waals surface area contributed by atoms with Crippen molar-refractivity contribution >= 4 is 46.6 Å². The van der Waals surface area contributed by atoms with Crippen LogP contribution in [0.25, 0.3) is 0 Å². The van der Waals surface area contributed by atoms with Crippen molar-refractivity contribution in [2.45, 2.75) is 13.8 Å². The van der Waals surface area contributed by atoms with Gasteiger partial charge in [-0.2, -0.15) is 0 Å². The average molecular weight is 461 g/mol. The van der Waals surface area contributed by atoms with Crippen LogP contribution < -0.4 is 20.7 Å². The highest BCUT2D eigenvalue weighted by Crippen LogP contribution is 2.27. The van der Waals surface area contributed by atoms with Gasteiger partial charge in [0.1, 0.15) is 29.0 Å². The van der Waals surface area contributed by atoms with E-state index in [9.17, 15) is 4.79 Å². The number of aryl methyl sites for hydroxylation is 2. The molecular weight excluding hydrogens is 439 g/mol. The number of halogens is 2. The van der Waals surface area contributed by atoms with Crippen molar-refractivity contribution < 1.29 is 9.53 Å². The van der Waals surface area contributed by atoms with Gasteiger partial charge in [-0.05, 0) is 49.7 Å². The number of hydrogen-bond acceptors (Lipinski definition) is 7. The molecule has 0 aliphatic carbocycles. The zero-order chi connectivity index (χ0) is 22.2. The van der Waals surface area contributed by atoms with Gasteiger partial charge in [0.15, 0.2) is 6.61 Å². The molecule has 0 unspecified atom stereocenters. The molecule has 0 fully saturated rings. The van der Waals surface area contributed by atoms with Crippen LogP contribution >= 0.6 is 23.2 Å². The number of nitrogens with zero attached hydrogens (tertiary/aromatic N) is 3. The molecule has 162 valence electrons. The minimum atomic E-state index is -0.264. The zero-order valence-corrected chi connectivity index (χ0v) is 18.6. The molecular formula is C21H22Cl2N6O2. The topological polar surface area (TPSA) is 101 Å². The molecule has 0 aliphatic heterocycles. The van der Waals surface area contributed by atoms with Crippen molar-refractivity contribution in [2.24, 2.45) is 0 Å². The van der Waals surface area contributed by atoms with Gasteiger partial charge in [0.25, 0.3) is 5.91 Å². The van der Waals surface area contributed by atoms with Gasteiger partial charge in [0, 0.05) is 30.4 Å². The molecule has 0 saturated carbocycles. The lowest BCUT2D eigenvalue weighted by atomic mass is 10.3. The number of carbonyl (C=O) groups excluding carboxylic acids is 1. The fourth-order valence-corrected chi connectivity index (χ4v) is 3.10. The fourth-order valence-electron chi connectivity index (χ4n) is 2.64. The summed E-state index contributed by atoms with van der Waals surface area (Å²) in [6.45, 7) is 4.52. The number of ether oxygens (including phenoxy) is 1. The quantitative estimate of drug-likeness (QED) is 0.412. The van der Waals surface area contributed by atoms with Crippen LogP contribution in [0, 0.1) is 13.8 Å². The molecule has 0 radical (unpaired) electrons. The van der Waals surface area contributed by atoms with E-state index in [1.54, 1.807) is 37.4 Å². The minimum absolute atomic E-state index is 0.147. The van der Waals surface area contributed by atoms with E-state index in [1.165, 1.54) is 0 Å². The number of carbonyl (C=O) groups is 1. The van der Waals surface area contributed by atoms with E-state index in [1.807, 2.05) is 19.1 Å². The molecule has 2 aromatic heterocycles. The summed E-state index contributed by atoms with van der Waals surface area (Å²) < 4.78 is 5.41. The number of hydrogen-bond donors (Lipinski definition) is 3. The van der Waals surface area contributed by atoms with E-state index in [2.05, 4.69) is 30.9 Å². The normalized spacial score (nSPS) is 10.5. The summed E-state index contributed by atoms with van der Waals surface area (Å²) in [5.74, 6) is 2.72. The maximum absolute atomic E-state index is 12.0. The summed E-state index contributed by atoms with van der Waals surface area (Å²) in [5.41, 5.74) is 1.10. The van der Waals surface area contributed by atoms with Crippen LogP contribution in [0.4, 0.5) is 17.5 Å². The largest absolute Gasteiger partial charge is 0.482 e. The molecule has 0 atom stereocenters. The van der Waals surface area contributed by atoms with Crippen LogP contribution in [0.2, 0.25) is 10.0 Å². The number of amides is 1. The molecule has 2 heterocycles. The van der Waals surface area contributed by atoms with E-state index in [0.717, 1.165) is 5.56 Å². The maximum atomic E-state index is 12.0. The Hall–Kier alpha value is -3.10. The van der Waals surface area contributed by atoms with Gasteiger partial charge in [0.05, 0.1) is 5.02 Å². The van der Waals surface area contributed by atoms with E-state index >= 15 is 0 Å². The molecule has 0 saturated heterocycles. The van der Waals surface area contributed by atoms with E-state index in [-0.39, 0.29) is 12.5 Å².